The summed E-state index contributed by atoms with van der Waals surface area (Å²) in [7, 11) is 4.98. The molecule has 0 aromatic heterocycles. The highest BCUT2D eigenvalue weighted by atomic mass is 16.5. The number of hydrogen-bond donors (Lipinski definition) is 2. The number of hydrogen-bond acceptors (Lipinski definition) is 6. The number of carbonyl (C=O) groups excluding carboxylic acids is 1. The Balaban J connectivity index is 1.67. The smallest absolute Gasteiger partial charge is 0.234 e. The van der Waals surface area contributed by atoms with Gasteiger partial charge in [0.2, 0.25) is 5.91 Å². The first-order chi connectivity index (χ1) is 12.0. The summed E-state index contributed by atoms with van der Waals surface area (Å²) in [5.41, 5.74) is 0.932. The van der Waals surface area contributed by atoms with E-state index in [1.165, 1.54) is 0 Å². The molecule has 0 radical (unpaired) electrons. The quantitative estimate of drug-likeness (QED) is 0.613. The third-order valence-electron chi connectivity index (χ3n) is 3.91. The van der Waals surface area contributed by atoms with Gasteiger partial charge < -0.3 is 24.6 Å². The number of nitrogens with zero attached hydrogens (tertiary/aromatic N) is 1. The second kappa shape index (κ2) is 9.60. The monoisotopic (exact) mass is 352 g/mol. The van der Waals surface area contributed by atoms with Crippen molar-refractivity contribution in [3.05, 3.63) is 23.8 Å². The van der Waals surface area contributed by atoms with Gasteiger partial charge in [-0.15, -0.1) is 0 Å². The van der Waals surface area contributed by atoms with Crippen molar-refractivity contribution in [3.8, 4) is 11.5 Å². The Kier molecular flexibility index (Phi) is 7.49. The number of carbonyl (C=O) groups is 1. The average Bonchev–Trinajstić information content (AvgIpc) is 3.38. The van der Waals surface area contributed by atoms with Crippen LogP contribution in [0.3, 0.4) is 0 Å². The van der Waals surface area contributed by atoms with E-state index in [-0.39, 0.29) is 19.1 Å². The van der Waals surface area contributed by atoms with Crippen molar-refractivity contribution in [1.82, 2.24) is 10.2 Å². The van der Waals surface area contributed by atoms with Gasteiger partial charge >= 0.3 is 0 Å². The molecule has 2 rings (SSSR count). The molecule has 0 saturated heterocycles. The van der Waals surface area contributed by atoms with Crippen LogP contribution in [0, 0.1) is 0 Å². The number of aliphatic hydroxyl groups is 1. The summed E-state index contributed by atoms with van der Waals surface area (Å²) in [5.74, 6) is 1.31. The van der Waals surface area contributed by atoms with Crippen molar-refractivity contribution in [2.24, 2.45) is 0 Å². The van der Waals surface area contributed by atoms with Crippen molar-refractivity contribution in [2.75, 3.05) is 41.0 Å². The van der Waals surface area contributed by atoms with Gasteiger partial charge in [-0.05, 0) is 37.6 Å². The number of nitrogens with one attached hydrogen (secondary N) is 1. The predicted octanol–water partition coefficient (Wildman–Crippen LogP) is 0.792. The molecule has 0 spiro atoms. The Labute approximate surface area is 148 Å². The average molecular weight is 352 g/mol. The van der Waals surface area contributed by atoms with Gasteiger partial charge in [-0.2, -0.15) is 0 Å². The van der Waals surface area contributed by atoms with E-state index in [0.29, 0.717) is 30.7 Å². The van der Waals surface area contributed by atoms with Gasteiger partial charge in [0, 0.05) is 12.6 Å². The summed E-state index contributed by atoms with van der Waals surface area (Å²) >= 11 is 0. The molecule has 1 aromatic carbocycles. The molecule has 1 aliphatic rings. The van der Waals surface area contributed by atoms with E-state index in [1.54, 1.807) is 19.1 Å². The summed E-state index contributed by atoms with van der Waals surface area (Å²) in [6.45, 7) is 1.22. The van der Waals surface area contributed by atoms with Gasteiger partial charge in [-0.3, -0.25) is 9.69 Å². The van der Waals surface area contributed by atoms with E-state index in [0.717, 1.165) is 18.4 Å². The molecule has 1 unspecified atom stereocenters. The molecule has 140 valence electrons. The molecular weight excluding hydrogens is 324 g/mol. The first kappa shape index (κ1) is 19.5. The highest BCUT2D eigenvalue weighted by molar-refractivity contribution is 5.78. The van der Waals surface area contributed by atoms with E-state index in [1.807, 2.05) is 25.2 Å². The molecule has 7 heteroatoms. The van der Waals surface area contributed by atoms with E-state index in [4.69, 9.17) is 14.2 Å². The van der Waals surface area contributed by atoms with Crippen molar-refractivity contribution in [3.63, 3.8) is 0 Å². The number of methoxy groups -OCH3 is 2. The fourth-order valence-corrected chi connectivity index (χ4v) is 2.51. The highest BCUT2D eigenvalue weighted by Gasteiger charge is 2.23. The number of likely N-dealkylation sites (N-methyl/N-ethyl adjacent to an activating group) is 1. The molecule has 2 N–H and O–H groups in total. The Morgan fingerprint density at radius 2 is 2.04 bits per heavy atom. The molecule has 1 atom stereocenters. The SMILES string of the molecule is COc1ccc(COCC(O)CN(C)CC(=O)NC2CC2)cc1OC. The van der Waals surface area contributed by atoms with Gasteiger partial charge in [-0.1, -0.05) is 6.07 Å². The highest BCUT2D eigenvalue weighted by Crippen LogP contribution is 2.27. The molecule has 25 heavy (non-hydrogen) atoms. The molecule has 1 fully saturated rings. The molecule has 0 heterocycles. The minimum atomic E-state index is -0.654. The summed E-state index contributed by atoms with van der Waals surface area (Å²) in [4.78, 5) is 13.5. The zero-order valence-electron chi connectivity index (χ0n) is 15.2. The number of benzene rings is 1. The van der Waals surface area contributed by atoms with E-state index < -0.39 is 6.10 Å². The van der Waals surface area contributed by atoms with Crippen LogP contribution in [0.5, 0.6) is 11.5 Å². The Morgan fingerprint density at radius 3 is 2.68 bits per heavy atom. The fourth-order valence-electron chi connectivity index (χ4n) is 2.51. The lowest BCUT2D eigenvalue weighted by Gasteiger charge is -2.20. The maximum absolute atomic E-state index is 11.7. The molecular formula is C18H28N2O5. The van der Waals surface area contributed by atoms with Gasteiger partial charge in [0.15, 0.2) is 11.5 Å². The topological polar surface area (TPSA) is 80.3 Å². The second-order valence-electron chi connectivity index (χ2n) is 6.40. The molecule has 1 saturated carbocycles. The molecule has 0 aliphatic heterocycles. The first-order valence-electron chi connectivity index (χ1n) is 8.46. The number of ether oxygens (including phenoxy) is 3. The Bertz CT molecular complexity index is 562. The molecule has 1 amide bonds. The van der Waals surface area contributed by atoms with Gasteiger partial charge in [0.1, 0.15) is 0 Å². The van der Waals surface area contributed by atoms with Gasteiger partial charge in [0.05, 0.1) is 40.1 Å². The molecule has 1 aliphatic carbocycles. The van der Waals surface area contributed by atoms with Crippen molar-refractivity contribution in [1.29, 1.82) is 0 Å². The van der Waals surface area contributed by atoms with E-state index >= 15 is 0 Å². The lowest BCUT2D eigenvalue weighted by molar-refractivity contribution is -0.122. The zero-order valence-corrected chi connectivity index (χ0v) is 15.2. The van der Waals surface area contributed by atoms with Crippen LogP contribution in [0.1, 0.15) is 18.4 Å². The number of aliphatic hydroxyl groups excluding tert-OH is 1. The van der Waals surface area contributed by atoms with Crippen molar-refractivity contribution >= 4 is 5.91 Å². The van der Waals surface area contributed by atoms with Crippen LogP contribution >= 0.6 is 0 Å². The van der Waals surface area contributed by atoms with Gasteiger partial charge in [0.25, 0.3) is 0 Å². The van der Waals surface area contributed by atoms with Crippen LogP contribution in [0.15, 0.2) is 18.2 Å². The largest absolute Gasteiger partial charge is 0.493 e. The standard InChI is InChI=1S/C18H28N2O5/c1-20(10-18(22)19-14-5-6-14)9-15(21)12-25-11-13-4-7-16(23-2)17(8-13)24-3/h4,7-8,14-15,21H,5-6,9-12H2,1-3H3,(H,19,22). The van der Waals surface area contributed by atoms with Crippen LogP contribution in [0.4, 0.5) is 0 Å². The summed E-state index contributed by atoms with van der Waals surface area (Å²) in [6, 6.07) is 5.91. The summed E-state index contributed by atoms with van der Waals surface area (Å²) < 4.78 is 16.0. The van der Waals surface area contributed by atoms with Crippen LogP contribution < -0.4 is 14.8 Å². The predicted molar refractivity (Wildman–Crippen MR) is 93.9 cm³/mol. The van der Waals surface area contributed by atoms with Crippen LogP contribution in [-0.4, -0.2) is 69.0 Å². The lowest BCUT2D eigenvalue weighted by Crippen LogP contribution is -2.40. The second-order valence-corrected chi connectivity index (χ2v) is 6.40. The summed E-state index contributed by atoms with van der Waals surface area (Å²) in [6.07, 6.45) is 1.49. The minimum Gasteiger partial charge on any atom is -0.493 e. The van der Waals surface area contributed by atoms with Crippen LogP contribution in [0.25, 0.3) is 0 Å². The number of amides is 1. The van der Waals surface area contributed by atoms with E-state index in [9.17, 15) is 9.90 Å². The third-order valence-corrected chi connectivity index (χ3v) is 3.91. The zero-order chi connectivity index (χ0) is 18.2. The molecule has 0 bridgehead atoms. The maximum Gasteiger partial charge on any atom is 0.234 e. The fraction of sp³-hybridized carbons (Fsp3) is 0.611. The lowest BCUT2D eigenvalue weighted by atomic mass is 10.2. The third kappa shape index (κ3) is 6.89. The van der Waals surface area contributed by atoms with Crippen molar-refractivity contribution in [2.45, 2.75) is 31.6 Å². The van der Waals surface area contributed by atoms with Crippen molar-refractivity contribution < 1.29 is 24.1 Å². The van der Waals surface area contributed by atoms with Crippen LogP contribution in [0.2, 0.25) is 0 Å². The molecule has 1 aromatic rings. The Hall–Kier alpha value is -1.83. The first-order valence-corrected chi connectivity index (χ1v) is 8.46. The molecule has 7 nitrogen and oxygen atoms in total. The Morgan fingerprint density at radius 1 is 1.32 bits per heavy atom. The summed E-state index contributed by atoms with van der Waals surface area (Å²) in [5, 5.41) is 13.0. The number of rotatable bonds is 11. The van der Waals surface area contributed by atoms with E-state index in [2.05, 4.69) is 5.32 Å². The van der Waals surface area contributed by atoms with Gasteiger partial charge in [-0.25, -0.2) is 0 Å². The minimum absolute atomic E-state index is 0.00319. The van der Waals surface area contributed by atoms with Crippen LogP contribution in [-0.2, 0) is 16.1 Å². The maximum atomic E-state index is 11.7. The normalized spacial score (nSPS) is 15.1.